The van der Waals surface area contributed by atoms with Crippen LogP contribution in [0.3, 0.4) is 0 Å². The number of fused-ring (bicyclic) bond motifs is 1. The second-order valence-electron chi connectivity index (χ2n) is 10.2. The molecule has 0 aliphatic rings. The molecule has 0 radical (unpaired) electrons. The smallest absolute Gasteiger partial charge is 0.266 e. The van der Waals surface area contributed by atoms with Gasteiger partial charge in [-0.3, -0.25) is 9.36 Å². The van der Waals surface area contributed by atoms with Gasteiger partial charge in [0.25, 0.3) is 5.56 Å². The number of benzene rings is 2. The van der Waals surface area contributed by atoms with Crippen LogP contribution in [0.1, 0.15) is 41.2 Å². The molecule has 224 valence electrons. The first-order chi connectivity index (χ1) is 20.9. The third-order valence-electron chi connectivity index (χ3n) is 6.93. The lowest BCUT2D eigenvalue weighted by atomic mass is 10.1. The maximum atomic E-state index is 14.1. The van der Waals surface area contributed by atoms with Crippen molar-refractivity contribution in [3.8, 4) is 17.5 Å². The first-order valence-corrected chi connectivity index (χ1v) is 15.3. The van der Waals surface area contributed by atoms with Crippen molar-refractivity contribution in [2.75, 3.05) is 24.4 Å². The van der Waals surface area contributed by atoms with E-state index in [0.717, 1.165) is 18.0 Å². The fraction of sp³-hybridized carbons (Fsp3) is 0.194. The number of anilines is 2. The molecule has 3 N–H and O–H groups in total. The van der Waals surface area contributed by atoms with E-state index in [2.05, 4.69) is 32.1 Å². The average Bonchev–Trinajstić information content (AvgIpc) is 2.97. The Bertz CT molecular complexity index is 2110. The number of pyridine rings is 1. The van der Waals surface area contributed by atoms with Crippen LogP contribution >= 0.6 is 0 Å². The van der Waals surface area contributed by atoms with Crippen LogP contribution in [0.5, 0.6) is 0 Å². The third kappa shape index (κ3) is 6.41. The Morgan fingerprint density at radius 3 is 2.59 bits per heavy atom. The topological polar surface area (TPSA) is 149 Å². The molecule has 0 saturated heterocycles. The van der Waals surface area contributed by atoms with Crippen molar-refractivity contribution >= 4 is 32.6 Å². The summed E-state index contributed by atoms with van der Waals surface area (Å²) in [4.78, 5) is 31.4. The highest BCUT2D eigenvalue weighted by Crippen LogP contribution is 2.25. The molecule has 0 amide bonds. The molecule has 0 saturated carbocycles. The lowest BCUT2D eigenvalue weighted by molar-refractivity contribution is 0.472. The quantitative estimate of drug-likeness (QED) is 0.263. The Morgan fingerprint density at radius 2 is 1.86 bits per heavy atom. The van der Waals surface area contributed by atoms with Crippen LogP contribution in [-0.2, 0) is 16.6 Å². The molecule has 0 aliphatic heterocycles. The van der Waals surface area contributed by atoms with E-state index in [-0.39, 0.29) is 17.9 Å². The van der Waals surface area contributed by atoms with Gasteiger partial charge in [-0.15, -0.1) is 0 Å². The van der Waals surface area contributed by atoms with Crippen LogP contribution in [0, 0.1) is 24.6 Å². The van der Waals surface area contributed by atoms with Crippen molar-refractivity contribution in [3.05, 3.63) is 112 Å². The molecule has 44 heavy (non-hydrogen) atoms. The van der Waals surface area contributed by atoms with E-state index in [1.807, 2.05) is 26.0 Å². The number of nitrogens with one attached hydrogen (secondary N) is 1. The SMILES string of the molecule is Cc1cccc2nc(C(C)Nc3ncnc(N)c3C#Cc3ccc(F)cn3)n(-c3cccc(CN(C)S(C)(=O)=O)c3)c(=O)c12. The highest BCUT2D eigenvalue weighted by atomic mass is 32.2. The van der Waals surface area contributed by atoms with E-state index in [0.29, 0.717) is 45.1 Å². The molecular weight excluding hydrogens is 583 g/mol. The molecular formula is C31H29FN8O3S. The molecule has 1 atom stereocenters. The number of nitrogen functional groups attached to an aromatic ring is 1. The number of nitrogens with zero attached hydrogens (tertiary/aromatic N) is 6. The molecule has 1 unspecified atom stereocenters. The van der Waals surface area contributed by atoms with E-state index in [9.17, 15) is 17.6 Å². The maximum absolute atomic E-state index is 14.1. The summed E-state index contributed by atoms with van der Waals surface area (Å²) in [6, 6.07) is 14.6. The molecule has 0 aliphatic carbocycles. The summed E-state index contributed by atoms with van der Waals surface area (Å²) < 4.78 is 40.1. The number of hydrogen-bond acceptors (Lipinski definition) is 9. The number of aryl methyl sites for hydroxylation is 1. The summed E-state index contributed by atoms with van der Waals surface area (Å²) in [5.41, 5.74) is 8.99. The molecule has 5 rings (SSSR count). The molecule has 3 heterocycles. The van der Waals surface area contributed by atoms with Gasteiger partial charge in [0.05, 0.1) is 35.1 Å². The van der Waals surface area contributed by atoms with Crippen molar-refractivity contribution in [3.63, 3.8) is 0 Å². The van der Waals surface area contributed by atoms with Gasteiger partial charge >= 0.3 is 0 Å². The Kier molecular flexibility index (Phi) is 8.39. The lowest BCUT2D eigenvalue weighted by Gasteiger charge is -2.22. The van der Waals surface area contributed by atoms with Gasteiger partial charge in [-0.1, -0.05) is 30.2 Å². The van der Waals surface area contributed by atoms with Gasteiger partial charge in [0, 0.05) is 13.6 Å². The largest absolute Gasteiger partial charge is 0.382 e. The maximum Gasteiger partial charge on any atom is 0.266 e. The monoisotopic (exact) mass is 612 g/mol. The Morgan fingerprint density at radius 1 is 1.09 bits per heavy atom. The second-order valence-corrected chi connectivity index (χ2v) is 12.3. The summed E-state index contributed by atoms with van der Waals surface area (Å²) >= 11 is 0. The van der Waals surface area contributed by atoms with Crippen molar-refractivity contribution in [2.45, 2.75) is 26.4 Å². The molecule has 0 spiro atoms. The van der Waals surface area contributed by atoms with E-state index in [1.54, 1.807) is 30.3 Å². The number of rotatable bonds is 7. The Balaban J connectivity index is 1.61. The minimum absolute atomic E-state index is 0.117. The fourth-order valence-electron chi connectivity index (χ4n) is 4.60. The van der Waals surface area contributed by atoms with Gasteiger partial charge in [-0.2, -0.15) is 0 Å². The predicted molar refractivity (Wildman–Crippen MR) is 167 cm³/mol. The van der Waals surface area contributed by atoms with Crippen molar-refractivity contribution in [1.82, 2.24) is 28.8 Å². The van der Waals surface area contributed by atoms with Gasteiger partial charge in [0.2, 0.25) is 10.0 Å². The van der Waals surface area contributed by atoms with Crippen LogP contribution in [0.15, 0.2) is 71.9 Å². The standard InChI is InChI=1S/C31H29FN8O3S/c1-19-7-5-10-26-27(19)31(41)40(24-9-6-8-21(15-24)17-39(3)44(4,42)43)30(38-26)20(2)37-29-25(28(33)35-18-36-29)14-13-23-12-11-22(32)16-34-23/h5-12,15-16,18,20H,17H2,1-4H3,(H3,33,35,36,37). The molecule has 2 aromatic carbocycles. The first-order valence-electron chi connectivity index (χ1n) is 13.5. The summed E-state index contributed by atoms with van der Waals surface area (Å²) in [6.45, 7) is 3.78. The first kappa shape index (κ1) is 30.3. The van der Waals surface area contributed by atoms with Crippen molar-refractivity contribution in [2.24, 2.45) is 0 Å². The molecule has 3 aromatic heterocycles. The molecule has 11 nitrogen and oxygen atoms in total. The fourth-order valence-corrected chi connectivity index (χ4v) is 4.98. The number of hydrogen-bond donors (Lipinski definition) is 2. The Labute approximate surface area is 253 Å². The number of sulfonamides is 1. The predicted octanol–water partition coefficient (Wildman–Crippen LogP) is 3.56. The highest BCUT2D eigenvalue weighted by molar-refractivity contribution is 7.88. The molecule has 0 fully saturated rings. The van der Waals surface area contributed by atoms with Gasteiger partial charge in [-0.25, -0.2) is 37.0 Å². The minimum Gasteiger partial charge on any atom is -0.382 e. The van der Waals surface area contributed by atoms with Gasteiger partial charge in [-0.05, 0) is 61.2 Å². The second kappa shape index (κ2) is 12.2. The number of aromatic nitrogens is 5. The summed E-state index contributed by atoms with van der Waals surface area (Å²) in [7, 11) is -1.93. The van der Waals surface area contributed by atoms with E-state index in [1.165, 1.54) is 34.4 Å². The third-order valence-corrected chi connectivity index (χ3v) is 8.19. The zero-order valence-corrected chi connectivity index (χ0v) is 25.2. The van der Waals surface area contributed by atoms with Crippen molar-refractivity contribution < 1.29 is 12.8 Å². The lowest BCUT2D eigenvalue weighted by Crippen LogP contribution is -2.28. The highest BCUT2D eigenvalue weighted by Gasteiger charge is 2.21. The van der Waals surface area contributed by atoms with Gasteiger partial charge in [0.1, 0.15) is 40.9 Å². The summed E-state index contributed by atoms with van der Waals surface area (Å²) in [5.74, 6) is 6.07. The zero-order valence-electron chi connectivity index (χ0n) is 24.4. The minimum atomic E-state index is -3.42. The van der Waals surface area contributed by atoms with E-state index < -0.39 is 21.9 Å². The van der Waals surface area contributed by atoms with Crippen LogP contribution < -0.4 is 16.6 Å². The van der Waals surface area contributed by atoms with Gasteiger partial charge < -0.3 is 11.1 Å². The number of nitrogens with two attached hydrogens (primary N) is 1. The Hall–Kier alpha value is -5.19. The molecule has 0 bridgehead atoms. The van der Waals surface area contributed by atoms with Crippen molar-refractivity contribution in [1.29, 1.82) is 0 Å². The van der Waals surface area contributed by atoms with Crippen LogP contribution in [0.2, 0.25) is 0 Å². The molecule has 13 heteroatoms. The van der Waals surface area contributed by atoms with Crippen LogP contribution in [-0.4, -0.2) is 50.5 Å². The van der Waals surface area contributed by atoms with E-state index >= 15 is 0 Å². The summed E-state index contributed by atoms with van der Waals surface area (Å²) in [6.07, 6.45) is 3.49. The zero-order chi connectivity index (χ0) is 31.6. The summed E-state index contributed by atoms with van der Waals surface area (Å²) in [5, 5.41) is 3.74. The number of halogens is 1. The van der Waals surface area contributed by atoms with E-state index in [4.69, 9.17) is 10.7 Å². The normalized spacial score (nSPS) is 12.1. The van der Waals surface area contributed by atoms with Crippen LogP contribution in [0.25, 0.3) is 16.6 Å². The average molecular weight is 613 g/mol. The van der Waals surface area contributed by atoms with Gasteiger partial charge in [0.15, 0.2) is 0 Å². The molecule has 5 aromatic rings. The van der Waals surface area contributed by atoms with Crippen LogP contribution in [0.4, 0.5) is 16.0 Å².